The Morgan fingerprint density at radius 1 is 1.25 bits per heavy atom. The molecule has 1 saturated heterocycles. The molecule has 2 heterocycles. The standard InChI is InChI=1S/C15H19N3OS/c1-11(2)17-5-7-18(8-6-17)15(19)12-3-4-13-14(9-12)20-10-16-13/h3-4,9-11H,5-8H2,1-2H3. The molecule has 1 aliphatic rings. The van der Waals surface area contributed by atoms with Gasteiger partial charge in [-0.15, -0.1) is 11.3 Å². The third-order valence-corrected chi connectivity index (χ3v) is 4.70. The minimum absolute atomic E-state index is 0.142. The number of benzene rings is 1. The maximum Gasteiger partial charge on any atom is 0.253 e. The van der Waals surface area contributed by atoms with Crippen LogP contribution in [-0.4, -0.2) is 52.9 Å². The van der Waals surface area contributed by atoms with Gasteiger partial charge in [0.15, 0.2) is 0 Å². The van der Waals surface area contributed by atoms with Crippen molar-refractivity contribution in [3.05, 3.63) is 29.3 Å². The second kappa shape index (κ2) is 5.50. The van der Waals surface area contributed by atoms with Gasteiger partial charge >= 0.3 is 0 Å². The molecule has 0 atom stereocenters. The molecule has 4 nitrogen and oxygen atoms in total. The number of amides is 1. The summed E-state index contributed by atoms with van der Waals surface area (Å²) in [6, 6.07) is 6.34. The van der Waals surface area contributed by atoms with Crippen LogP contribution in [-0.2, 0) is 0 Å². The Morgan fingerprint density at radius 3 is 2.70 bits per heavy atom. The Kier molecular flexibility index (Phi) is 3.72. The van der Waals surface area contributed by atoms with Gasteiger partial charge in [-0.05, 0) is 32.0 Å². The highest BCUT2D eigenvalue weighted by Gasteiger charge is 2.23. The molecular formula is C15H19N3OS. The molecule has 0 N–H and O–H groups in total. The SMILES string of the molecule is CC(C)N1CCN(C(=O)c2ccc3ncsc3c2)CC1. The predicted octanol–water partition coefficient (Wildman–Crippen LogP) is 2.46. The van der Waals surface area contributed by atoms with E-state index in [2.05, 4.69) is 23.7 Å². The summed E-state index contributed by atoms with van der Waals surface area (Å²) in [7, 11) is 0. The van der Waals surface area contributed by atoms with Gasteiger partial charge in [0.25, 0.3) is 5.91 Å². The van der Waals surface area contributed by atoms with Crippen LogP contribution in [0, 0.1) is 0 Å². The van der Waals surface area contributed by atoms with Crippen molar-refractivity contribution >= 4 is 27.5 Å². The smallest absolute Gasteiger partial charge is 0.253 e. The fourth-order valence-electron chi connectivity index (χ4n) is 2.61. The van der Waals surface area contributed by atoms with Gasteiger partial charge in [-0.2, -0.15) is 0 Å². The number of thiazole rings is 1. The minimum atomic E-state index is 0.142. The lowest BCUT2D eigenvalue weighted by Gasteiger charge is -2.36. The number of fused-ring (bicyclic) bond motifs is 1. The summed E-state index contributed by atoms with van der Waals surface area (Å²) in [5.41, 5.74) is 3.57. The molecule has 106 valence electrons. The van der Waals surface area contributed by atoms with E-state index < -0.39 is 0 Å². The van der Waals surface area contributed by atoms with Crippen LogP contribution in [0.25, 0.3) is 10.2 Å². The minimum Gasteiger partial charge on any atom is -0.336 e. The Morgan fingerprint density at radius 2 is 2.00 bits per heavy atom. The van der Waals surface area contributed by atoms with Crippen molar-refractivity contribution in [2.45, 2.75) is 19.9 Å². The van der Waals surface area contributed by atoms with Crippen molar-refractivity contribution in [1.29, 1.82) is 0 Å². The number of piperazine rings is 1. The van der Waals surface area contributed by atoms with Crippen LogP contribution in [0.2, 0.25) is 0 Å². The summed E-state index contributed by atoms with van der Waals surface area (Å²) < 4.78 is 1.08. The highest BCUT2D eigenvalue weighted by Crippen LogP contribution is 2.20. The summed E-state index contributed by atoms with van der Waals surface area (Å²) in [5, 5.41) is 0. The number of carbonyl (C=O) groups excluding carboxylic acids is 1. The van der Waals surface area contributed by atoms with E-state index in [9.17, 15) is 4.79 Å². The lowest BCUT2D eigenvalue weighted by atomic mass is 10.1. The topological polar surface area (TPSA) is 36.4 Å². The van der Waals surface area contributed by atoms with Crippen molar-refractivity contribution in [3.8, 4) is 0 Å². The van der Waals surface area contributed by atoms with Gasteiger partial charge in [-0.3, -0.25) is 9.69 Å². The molecule has 0 radical (unpaired) electrons. The predicted molar refractivity (Wildman–Crippen MR) is 82.2 cm³/mol. The first-order valence-corrected chi connectivity index (χ1v) is 7.89. The van der Waals surface area contributed by atoms with Crippen molar-refractivity contribution in [3.63, 3.8) is 0 Å². The highest BCUT2D eigenvalue weighted by molar-refractivity contribution is 7.16. The van der Waals surface area contributed by atoms with E-state index in [4.69, 9.17) is 0 Å². The summed E-state index contributed by atoms with van der Waals surface area (Å²) in [6.07, 6.45) is 0. The molecule has 3 rings (SSSR count). The van der Waals surface area contributed by atoms with Gasteiger partial charge in [0.1, 0.15) is 0 Å². The molecule has 1 fully saturated rings. The second-order valence-corrected chi connectivity index (χ2v) is 6.34. The molecule has 0 aliphatic carbocycles. The molecule has 0 bridgehead atoms. The molecule has 0 spiro atoms. The van der Waals surface area contributed by atoms with Gasteiger partial charge in [-0.25, -0.2) is 4.98 Å². The molecule has 20 heavy (non-hydrogen) atoms. The van der Waals surface area contributed by atoms with E-state index in [-0.39, 0.29) is 5.91 Å². The normalized spacial score (nSPS) is 17.1. The average molecular weight is 289 g/mol. The van der Waals surface area contributed by atoms with E-state index in [1.54, 1.807) is 11.3 Å². The van der Waals surface area contributed by atoms with Gasteiger partial charge in [0, 0.05) is 37.8 Å². The molecule has 1 amide bonds. The second-order valence-electron chi connectivity index (χ2n) is 5.46. The molecule has 1 aromatic carbocycles. The van der Waals surface area contributed by atoms with Crippen molar-refractivity contribution in [2.24, 2.45) is 0 Å². The number of nitrogens with zero attached hydrogens (tertiary/aromatic N) is 3. The Bertz CT molecular complexity index is 614. The number of hydrogen-bond donors (Lipinski definition) is 0. The lowest BCUT2D eigenvalue weighted by molar-refractivity contribution is 0.0595. The zero-order valence-corrected chi connectivity index (χ0v) is 12.7. The van der Waals surface area contributed by atoms with E-state index in [0.717, 1.165) is 42.0 Å². The quantitative estimate of drug-likeness (QED) is 0.852. The molecular weight excluding hydrogens is 270 g/mol. The number of aromatic nitrogens is 1. The zero-order chi connectivity index (χ0) is 14.1. The maximum absolute atomic E-state index is 12.5. The first kappa shape index (κ1) is 13.5. The molecule has 5 heteroatoms. The van der Waals surface area contributed by atoms with Gasteiger partial charge in [0.2, 0.25) is 0 Å². The van der Waals surface area contributed by atoms with Crippen LogP contribution in [0.1, 0.15) is 24.2 Å². The molecule has 0 saturated carbocycles. The Hall–Kier alpha value is -1.46. The summed E-state index contributed by atoms with van der Waals surface area (Å²) in [5.74, 6) is 0.142. The number of hydrogen-bond acceptors (Lipinski definition) is 4. The molecule has 1 aromatic heterocycles. The fourth-order valence-corrected chi connectivity index (χ4v) is 3.33. The van der Waals surface area contributed by atoms with Crippen LogP contribution >= 0.6 is 11.3 Å². The van der Waals surface area contributed by atoms with Gasteiger partial charge < -0.3 is 4.90 Å². The van der Waals surface area contributed by atoms with Gasteiger partial charge in [-0.1, -0.05) is 0 Å². The first-order chi connectivity index (χ1) is 9.65. The molecule has 0 unspecified atom stereocenters. The van der Waals surface area contributed by atoms with Crippen molar-refractivity contribution in [2.75, 3.05) is 26.2 Å². The van der Waals surface area contributed by atoms with Crippen LogP contribution in [0.5, 0.6) is 0 Å². The first-order valence-electron chi connectivity index (χ1n) is 7.02. The van der Waals surface area contributed by atoms with Crippen LogP contribution in [0.4, 0.5) is 0 Å². The fraction of sp³-hybridized carbons (Fsp3) is 0.467. The van der Waals surface area contributed by atoms with Crippen molar-refractivity contribution < 1.29 is 4.79 Å². The number of carbonyl (C=O) groups is 1. The van der Waals surface area contributed by atoms with Crippen LogP contribution in [0.15, 0.2) is 23.7 Å². The Balaban J connectivity index is 1.73. The summed E-state index contributed by atoms with van der Waals surface area (Å²) in [6.45, 7) is 7.97. The maximum atomic E-state index is 12.5. The third-order valence-electron chi connectivity index (χ3n) is 3.91. The highest BCUT2D eigenvalue weighted by atomic mass is 32.1. The summed E-state index contributed by atoms with van der Waals surface area (Å²) >= 11 is 1.58. The Labute approximate surface area is 123 Å². The van der Waals surface area contributed by atoms with E-state index in [1.165, 1.54) is 0 Å². The van der Waals surface area contributed by atoms with Crippen molar-refractivity contribution in [1.82, 2.24) is 14.8 Å². The monoisotopic (exact) mass is 289 g/mol. The number of rotatable bonds is 2. The zero-order valence-electron chi connectivity index (χ0n) is 11.9. The average Bonchev–Trinajstić information content (AvgIpc) is 2.94. The van der Waals surface area contributed by atoms with E-state index >= 15 is 0 Å². The summed E-state index contributed by atoms with van der Waals surface area (Å²) in [4.78, 5) is 21.2. The van der Waals surface area contributed by atoms with E-state index in [0.29, 0.717) is 6.04 Å². The molecule has 2 aromatic rings. The third kappa shape index (κ3) is 2.55. The molecule has 1 aliphatic heterocycles. The largest absolute Gasteiger partial charge is 0.336 e. The van der Waals surface area contributed by atoms with Gasteiger partial charge in [0.05, 0.1) is 15.7 Å². The van der Waals surface area contributed by atoms with Crippen LogP contribution < -0.4 is 0 Å². The van der Waals surface area contributed by atoms with E-state index in [1.807, 2.05) is 28.6 Å². The lowest BCUT2D eigenvalue weighted by Crippen LogP contribution is -2.50. The van der Waals surface area contributed by atoms with Crippen LogP contribution in [0.3, 0.4) is 0 Å².